The van der Waals surface area contributed by atoms with Crippen LogP contribution in [0.2, 0.25) is 0 Å². The monoisotopic (exact) mass is 495 g/mol. The maximum absolute atomic E-state index is 13.5. The van der Waals surface area contributed by atoms with Crippen LogP contribution in [0.3, 0.4) is 0 Å². The maximum Gasteiger partial charge on any atom is 0.255 e. The van der Waals surface area contributed by atoms with E-state index in [0.29, 0.717) is 16.7 Å². The van der Waals surface area contributed by atoms with Crippen molar-refractivity contribution in [1.82, 2.24) is 14.8 Å². The van der Waals surface area contributed by atoms with Gasteiger partial charge in [0.2, 0.25) is 11.1 Å². The van der Waals surface area contributed by atoms with Gasteiger partial charge in [-0.05, 0) is 56.5 Å². The molecule has 1 aliphatic heterocycles. The third-order valence-electron chi connectivity index (χ3n) is 6.36. The Hall–Kier alpha value is -3.84. The predicted octanol–water partition coefficient (Wildman–Crippen LogP) is 6.42. The quantitative estimate of drug-likeness (QED) is 0.302. The number of hydrogen-bond acceptors (Lipinski definition) is 5. The van der Waals surface area contributed by atoms with Gasteiger partial charge in [-0.2, -0.15) is 4.98 Å². The number of benzene rings is 3. The van der Waals surface area contributed by atoms with Crippen LogP contribution in [0, 0.1) is 20.8 Å². The molecule has 1 atom stereocenters. The lowest BCUT2D eigenvalue weighted by Gasteiger charge is -2.28. The Bertz CT molecular complexity index is 1440. The Morgan fingerprint density at radius 1 is 0.972 bits per heavy atom. The first-order valence-electron chi connectivity index (χ1n) is 12.0. The molecule has 0 saturated carbocycles. The van der Waals surface area contributed by atoms with Crippen molar-refractivity contribution >= 4 is 29.3 Å². The highest BCUT2D eigenvalue weighted by Crippen LogP contribution is 2.37. The third kappa shape index (κ3) is 4.93. The highest BCUT2D eigenvalue weighted by atomic mass is 32.2. The first-order chi connectivity index (χ1) is 17.4. The van der Waals surface area contributed by atoms with Crippen molar-refractivity contribution in [3.63, 3.8) is 0 Å². The summed E-state index contributed by atoms with van der Waals surface area (Å²) in [6, 6.07) is 23.8. The molecule has 4 aromatic rings. The molecule has 3 aromatic carbocycles. The van der Waals surface area contributed by atoms with Crippen molar-refractivity contribution in [3.8, 4) is 0 Å². The lowest BCUT2D eigenvalue weighted by Crippen LogP contribution is -2.31. The normalized spacial score (nSPS) is 14.8. The first-order valence-corrected chi connectivity index (χ1v) is 12.9. The molecule has 1 amide bonds. The number of fused-ring (bicyclic) bond motifs is 1. The Morgan fingerprint density at radius 3 is 2.44 bits per heavy atom. The average Bonchev–Trinajstić information content (AvgIpc) is 3.27. The average molecular weight is 496 g/mol. The van der Waals surface area contributed by atoms with Crippen LogP contribution in [-0.2, 0) is 10.5 Å². The van der Waals surface area contributed by atoms with E-state index < -0.39 is 6.04 Å². The molecule has 0 saturated heterocycles. The van der Waals surface area contributed by atoms with Crippen molar-refractivity contribution in [1.29, 1.82) is 0 Å². The number of aryl methyl sites for hydroxylation is 3. The molecule has 1 aromatic heterocycles. The SMILES string of the molecule is CC1=C(C(=O)Nc2ccccc2)[C@H](c2ccc(C)cc2)n2nc(SCc3cc(C)ccc3C)nc2N1. The fraction of sp³-hybridized carbons (Fsp3) is 0.207. The number of thioether (sulfide) groups is 1. The van der Waals surface area contributed by atoms with Crippen LogP contribution in [-0.4, -0.2) is 20.7 Å². The molecule has 0 aliphatic carbocycles. The lowest BCUT2D eigenvalue weighted by molar-refractivity contribution is -0.113. The van der Waals surface area contributed by atoms with Crippen LogP contribution >= 0.6 is 11.8 Å². The number of para-hydroxylation sites is 1. The van der Waals surface area contributed by atoms with E-state index in [2.05, 4.69) is 73.9 Å². The summed E-state index contributed by atoms with van der Waals surface area (Å²) < 4.78 is 1.84. The Morgan fingerprint density at radius 2 is 1.69 bits per heavy atom. The molecule has 0 radical (unpaired) electrons. The van der Waals surface area contributed by atoms with Crippen LogP contribution in [0.15, 0.2) is 89.2 Å². The summed E-state index contributed by atoms with van der Waals surface area (Å²) in [5, 5.41) is 11.9. The van der Waals surface area contributed by atoms with Gasteiger partial charge in [-0.3, -0.25) is 4.79 Å². The van der Waals surface area contributed by atoms with Crippen molar-refractivity contribution < 1.29 is 4.79 Å². The van der Waals surface area contributed by atoms with Gasteiger partial charge in [-0.1, -0.05) is 83.6 Å². The molecule has 1 aliphatic rings. The van der Waals surface area contributed by atoms with Gasteiger partial charge >= 0.3 is 0 Å². The molecular formula is C29H29N5OS. The number of nitrogens with zero attached hydrogens (tertiary/aromatic N) is 3. The minimum atomic E-state index is -0.395. The summed E-state index contributed by atoms with van der Waals surface area (Å²) in [7, 11) is 0. The second kappa shape index (κ2) is 10.0. The number of carbonyl (C=O) groups is 1. The highest BCUT2D eigenvalue weighted by molar-refractivity contribution is 7.98. The van der Waals surface area contributed by atoms with Gasteiger partial charge in [0.25, 0.3) is 5.91 Å². The number of nitrogens with one attached hydrogen (secondary N) is 2. The number of allylic oxidation sites excluding steroid dienone is 1. The number of amides is 1. The van der Waals surface area contributed by atoms with Crippen molar-refractivity contribution in [2.45, 2.75) is 44.6 Å². The van der Waals surface area contributed by atoms with Crippen LogP contribution in [0.5, 0.6) is 0 Å². The van der Waals surface area contributed by atoms with E-state index in [1.54, 1.807) is 11.8 Å². The minimum Gasteiger partial charge on any atom is -0.328 e. The maximum atomic E-state index is 13.5. The van der Waals surface area contributed by atoms with Crippen molar-refractivity contribution in [3.05, 3.63) is 112 Å². The number of aromatic nitrogens is 3. The molecule has 2 heterocycles. The van der Waals surface area contributed by atoms with Crippen molar-refractivity contribution in [2.75, 3.05) is 10.6 Å². The zero-order valence-electron chi connectivity index (χ0n) is 20.9. The number of anilines is 2. The van der Waals surface area contributed by atoms with E-state index in [9.17, 15) is 4.79 Å². The van der Waals surface area contributed by atoms with Gasteiger partial charge in [0.05, 0.1) is 5.57 Å². The summed E-state index contributed by atoms with van der Waals surface area (Å²) in [6.07, 6.45) is 0. The molecule has 7 heteroatoms. The number of rotatable bonds is 6. The zero-order chi connectivity index (χ0) is 25.2. The van der Waals surface area contributed by atoms with E-state index >= 15 is 0 Å². The van der Waals surface area contributed by atoms with Crippen LogP contribution in [0.25, 0.3) is 0 Å². The molecule has 6 nitrogen and oxygen atoms in total. The molecular weight excluding hydrogens is 466 g/mol. The van der Waals surface area contributed by atoms with E-state index in [1.165, 1.54) is 16.7 Å². The summed E-state index contributed by atoms with van der Waals surface area (Å²) in [5.74, 6) is 1.25. The van der Waals surface area contributed by atoms with Gasteiger partial charge in [0.15, 0.2) is 0 Å². The Kier molecular flexibility index (Phi) is 6.65. The van der Waals surface area contributed by atoms with E-state index in [0.717, 1.165) is 28.3 Å². The molecule has 5 rings (SSSR count). The first kappa shape index (κ1) is 23.9. The van der Waals surface area contributed by atoms with E-state index in [4.69, 9.17) is 10.1 Å². The van der Waals surface area contributed by atoms with E-state index in [-0.39, 0.29) is 5.91 Å². The molecule has 182 valence electrons. The second-order valence-corrected chi connectivity index (χ2v) is 10.1. The van der Waals surface area contributed by atoms with Crippen LogP contribution in [0.4, 0.5) is 11.6 Å². The molecule has 0 unspecified atom stereocenters. The van der Waals surface area contributed by atoms with Crippen molar-refractivity contribution in [2.24, 2.45) is 0 Å². The molecule has 0 fully saturated rings. The zero-order valence-corrected chi connectivity index (χ0v) is 21.7. The Labute approximate surface area is 215 Å². The van der Waals surface area contributed by atoms with Crippen LogP contribution in [0.1, 0.15) is 40.8 Å². The largest absolute Gasteiger partial charge is 0.328 e. The highest BCUT2D eigenvalue weighted by Gasteiger charge is 2.34. The summed E-state index contributed by atoms with van der Waals surface area (Å²) >= 11 is 1.60. The van der Waals surface area contributed by atoms with E-state index in [1.807, 2.05) is 41.9 Å². The summed E-state index contributed by atoms with van der Waals surface area (Å²) in [4.78, 5) is 18.3. The minimum absolute atomic E-state index is 0.164. The summed E-state index contributed by atoms with van der Waals surface area (Å²) in [6.45, 7) is 8.20. The number of carbonyl (C=O) groups excluding carboxylic acids is 1. The Balaban J connectivity index is 1.49. The topological polar surface area (TPSA) is 71.8 Å². The van der Waals surface area contributed by atoms with Gasteiger partial charge in [0, 0.05) is 17.1 Å². The fourth-order valence-corrected chi connectivity index (χ4v) is 5.25. The standard InChI is InChI=1S/C29H29N5OS/c1-18-11-14-22(15-12-18)26-25(27(35)31-24-8-6-5-7-9-24)21(4)30-28-32-29(33-34(26)28)36-17-23-16-19(2)10-13-20(23)3/h5-16,26H,17H2,1-4H3,(H,31,35)(H,30,32,33)/t26-/m0/s1. The predicted molar refractivity (Wildman–Crippen MR) is 146 cm³/mol. The smallest absolute Gasteiger partial charge is 0.255 e. The second-order valence-electron chi connectivity index (χ2n) is 9.18. The molecule has 0 bridgehead atoms. The van der Waals surface area contributed by atoms with Crippen LogP contribution < -0.4 is 10.6 Å². The number of hydrogen-bond donors (Lipinski definition) is 2. The van der Waals surface area contributed by atoms with Gasteiger partial charge in [-0.15, -0.1) is 5.10 Å². The molecule has 36 heavy (non-hydrogen) atoms. The fourth-order valence-electron chi connectivity index (χ4n) is 4.36. The van der Waals surface area contributed by atoms with Gasteiger partial charge in [0.1, 0.15) is 6.04 Å². The summed E-state index contributed by atoms with van der Waals surface area (Å²) in [5.41, 5.74) is 8.04. The lowest BCUT2D eigenvalue weighted by atomic mass is 9.94. The van der Waals surface area contributed by atoms with Gasteiger partial charge in [-0.25, -0.2) is 4.68 Å². The third-order valence-corrected chi connectivity index (χ3v) is 7.25. The molecule has 0 spiro atoms. The molecule has 2 N–H and O–H groups in total. The van der Waals surface area contributed by atoms with Gasteiger partial charge < -0.3 is 10.6 Å².